The molecule has 0 aliphatic carbocycles. The number of H-pyrrole nitrogens is 1. The molecule has 2 atom stereocenters. The first-order valence-electron chi connectivity index (χ1n) is 9.51. The fraction of sp³-hybridized carbons (Fsp3) is 0.318. The number of aliphatic hydroxyl groups is 1. The van der Waals surface area contributed by atoms with Gasteiger partial charge in [-0.2, -0.15) is 0 Å². The normalized spacial score (nSPS) is 18.2. The number of phenols is 1. The van der Waals surface area contributed by atoms with Crippen molar-refractivity contribution < 1.29 is 19.7 Å². The molecule has 0 radical (unpaired) electrons. The maximum atomic E-state index is 13.2. The Hall–Kier alpha value is -2.99. The van der Waals surface area contributed by atoms with Crippen LogP contribution in [0.5, 0.6) is 11.5 Å². The Balaban J connectivity index is 1.62. The average Bonchev–Trinajstić information content (AvgIpc) is 3.16. The predicted octanol–water partition coefficient (Wildman–Crippen LogP) is 3.61. The summed E-state index contributed by atoms with van der Waals surface area (Å²) in [6, 6.07) is 13.8. The van der Waals surface area contributed by atoms with E-state index in [9.17, 15) is 15.0 Å². The number of nitrogens with zero attached hydrogens (tertiary/aromatic N) is 1. The Morgan fingerprint density at radius 2 is 2.07 bits per heavy atom. The number of carbonyl (C=O) groups is 1. The molecule has 1 aromatic heterocycles. The van der Waals surface area contributed by atoms with E-state index in [2.05, 4.69) is 4.98 Å². The highest BCUT2D eigenvalue weighted by Crippen LogP contribution is 2.32. The van der Waals surface area contributed by atoms with E-state index in [1.807, 2.05) is 24.3 Å². The van der Waals surface area contributed by atoms with E-state index in [0.29, 0.717) is 23.5 Å². The topological polar surface area (TPSA) is 85.8 Å². The number of aromatic hydroxyl groups is 1. The number of rotatable bonds is 4. The number of ether oxygens (including phenoxy) is 1. The van der Waals surface area contributed by atoms with Gasteiger partial charge in [-0.3, -0.25) is 4.79 Å². The first-order valence-corrected chi connectivity index (χ1v) is 9.51. The monoisotopic (exact) mass is 380 g/mol. The summed E-state index contributed by atoms with van der Waals surface area (Å²) in [5.74, 6) is 0.695. The molecule has 3 aromatic rings. The van der Waals surface area contributed by atoms with Crippen molar-refractivity contribution in [3.8, 4) is 11.5 Å². The van der Waals surface area contributed by atoms with Gasteiger partial charge in [0.15, 0.2) is 0 Å². The summed E-state index contributed by atoms with van der Waals surface area (Å²) in [4.78, 5) is 18.1. The number of aromatic nitrogens is 1. The Kier molecular flexibility index (Phi) is 4.96. The molecule has 6 heteroatoms. The van der Waals surface area contributed by atoms with Crippen molar-refractivity contribution in [2.75, 3.05) is 13.7 Å². The quantitative estimate of drug-likeness (QED) is 0.645. The van der Waals surface area contributed by atoms with Crippen molar-refractivity contribution in [1.82, 2.24) is 9.88 Å². The van der Waals surface area contributed by atoms with E-state index in [-0.39, 0.29) is 17.7 Å². The second kappa shape index (κ2) is 7.56. The van der Waals surface area contributed by atoms with Crippen molar-refractivity contribution in [2.24, 2.45) is 0 Å². The average molecular weight is 380 g/mol. The lowest BCUT2D eigenvalue weighted by molar-refractivity contribution is 0.0208. The second-order valence-corrected chi connectivity index (χ2v) is 7.24. The third-order valence-corrected chi connectivity index (χ3v) is 5.45. The van der Waals surface area contributed by atoms with Crippen molar-refractivity contribution in [1.29, 1.82) is 0 Å². The van der Waals surface area contributed by atoms with Gasteiger partial charge in [-0.25, -0.2) is 0 Å². The largest absolute Gasteiger partial charge is 0.508 e. The molecule has 1 amide bonds. The highest BCUT2D eigenvalue weighted by molar-refractivity contribution is 5.98. The number of benzene rings is 2. The van der Waals surface area contributed by atoms with Gasteiger partial charge < -0.3 is 24.8 Å². The Morgan fingerprint density at radius 1 is 1.21 bits per heavy atom. The fourth-order valence-corrected chi connectivity index (χ4v) is 3.97. The van der Waals surface area contributed by atoms with Crippen LogP contribution in [-0.4, -0.2) is 45.7 Å². The maximum absolute atomic E-state index is 13.2. The van der Waals surface area contributed by atoms with E-state index in [0.717, 1.165) is 30.2 Å². The van der Waals surface area contributed by atoms with Gasteiger partial charge >= 0.3 is 0 Å². The summed E-state index contributed by atoms with van der Waals surface area (Å²) in [6.07, 6.45) is 1.84. The fourth-order valence-electron chi connectivity index (χ4n) is 3.97. The van der Waals surface area contributed by atoms with Crippen LogP contribution in [0.4, 0.5) is 0 Å². The number of likely N-dealkylation sites (tertiary alicyclic amines) is 1. The highest BCUT2D eigenvalue weighted by Gasteiger charge is 2.34. The summed E-state index contributed by atoms with van der Waals surface area (Å²) in [5.41, 5.74) is 1.92. The zero-order valence-electron chi connectivity index (χ0n) is 15.8. The van der Waals surface area contributed by atoms with Gasteiger partial charge in [0.2, 0.25) is 0 Å². The zero-order chi connectivity index (χ0) is 19.7. The van der Waals surface area contributed by atoms with E-state index < -0.39 is 6.10 Å². The standard InChI is InChI=1S/C22H24N2O4/c1-28-17-6-4-5-15(11-17)21(26)20-7-2-3-10-24(20)22(27)19-12-14-8-9-16(25)13-18(14)23-19/h4-6,8-9,11-13,20-21,23,25-26H,2-3,7,10H2,1H3. The van der Waals surface area contributed by atoms with Crippen molar-refractivity contribution in [3.63, 3.8) is 0 Å². The molecule has 2 heterocycles. The molecule has 2 aromatic carbocycles. The molecule has 6 nitrogen and oxygen atoms in total. The minimum absolute atomic E-state index is 0.137. The molecule has 0 bridgehead atoms. The number of phenolic OH excluding ortho intramolecular Hbond substituents is 1. The molecule has 2 unspecified atom stereocenters. The number of hydrogen-bond donors (Lipinski definition) is 3. The van der Waals surface area contributed by atoms with Gasteiger partial charge in [0.1, 0.15) is 17.2 Å². The first kappa shape index (κ1) is 18.4. The molecule has 3 N–H and O–H groups in total. The molecule has 4 rings (SSSR count). The second-order valence-electron chi connectivity index (χ2n) is 7.24. The Bertz CT molecular complexity index is 997. The molecular formula is C22H24N2O4. The summed E-state index contributed by atoms with van der Waals surface area (Å²) >= 11 is 0. The van der Waals surface area contributed by atoms with Crippen molar-refractivity contribution in [2.45, 2.75) is 31.4 Å². The number of amides is 1. The number of methoxy groups -OCH3 is 1. The molecule has 1 aliphatic rings. The molecular weight excluding hydrogens is 356 g/mol. The van der Waals surface area contributed by atoms with Crippen molar-refractivity contribution >= 4 is 16.8 Å². The number of hydrogen-bond acceptors (Lipinski definition) is 4. The van der Waals surface area contributed by atoms with Crippen LogP contribution in [-0.2, 0) is 0 Å². The number of aromatic amines is 1. The predicted molar refractivity (Wildman–Crippen MR) is 107 cm³/mol. The summed E-state index contributed by atoms with van der Waals surface area (Å²) in [6.45, 7) is 0.602. The molecule has 0 spiro atoms. The van der Waals surface area contributed by atoms with Crippen LogP contribution in [0, 0.1) is 0 Å². The van der Waals surface area contributed by atoms with Crippen LogP contribution >= 0.6 is 0 Å². The molecule has 1 fully saturated rings. The molecule has 1 saturated heterocycles. The lowest BCUT2D eigenvalue weighted by Gasteiger charge is -2.38. The zero-order valence-corrected chi connectivity index (χ0v) is 15.8. The summed E-state index contributed by atoms with van der Waals surface area (Å²) < 4.78 is 5.26. The van der Waals surface area contributed by atoms with Gasteiger partial charge in [-0.05, 0) is 55.2 Å². The third kappa shape index (κ3) is 3.43. The first-order chi connectivity index (χ1) is 13.6. The minimum Gasteiger partial charge on any atom is -0.508 e. The number of carbonyl (C=O) groups excluding carboxylic acids is 1. The van der Waals surface area contributed by atoms with Crippen LogP contribution in [0.25, 0.3) is 10.9 Å². The SMILES string of the molecule is COc1cccc(C(O)C2CCCCN2C(=O)c2cc3ccc(O)cc3[nH]2)c1. The minimum atomic E-state index is -0.784. The maximum Gasteiger partial charge on any atom is 0.270 e. The number of nitrogens with one attached hydrogen (secondary N) is 1. The molecule has 146 valence electrons. The van der Waals surface area contributed by atoms with Crippen LogP contribution in [0.2, 0.25) is 0 Å². The number of piperidine rings is 1. The van der Waals surface area contributed by atoms with Crippen LogP contribution in [0.3, 0.4) is 0 Å². The summed E-state index contributed by atoms with van der Waals surface area (Å²) in [5, 5.41) is 21.5. The van der Waals surface area contributed by atoms with Gasteiger partial charge in [0.25, 0.3) is 5.91 Å². The van der Waals surface area contributed by atoms with E-state index in [1.54, 1.807) is 36.3 Å². The highest BCUT2D eigenvalue weighted by atomic mass is 16.5. The lowest BCUT2D eigenvalue weighted by Crippen LogP contribution is -2.47. The van der Waals surface area contributed by atoms with Gasteiger partial charge in [-0.15, -0.1) is 0 Å². The van der Waals surface area contributed by atoms with Crippen molar-refractivity contribution in [3.05, 3.63) is 59.8 Å². The Labute approximate surface area is 163 Å². The third-order valence-electron chi connectivity index (χ3n) is 5.45. The number of aliphatic hydroxyl groups excluding tert-OH is 1. The molecule has 1 aliphatic heterocycles. The van der Waals surface area contributed by atoms with Crippen LogP contribution in [0.15, 0.2) is 48.5 Å². The smallest absolute Gasteiger partial charge is 0.270 e. The summed E-state index contributed by atoms with van der Waals surface area (Å²) in [7, 11) is 1.59. The van der Waals surface area contributed by atoms with Gasteiger partial charge in [0, 0.05) is 23.5 Å². The van der Waals surface area contributed by atoms with E-state index in [4.69, 9.17) is 4.74 Å². The van der Waals surface area contributed by atoms with Gasteiger partial charge in [0.05, 0.1) is 19.3 Å². The molecule has 28 heavy (non-hydrogen) atoms. The van der Waals surface area contributed by atoms with Crippen LogP contribution in [0.1, 0.15) is 41.4 Å². The van der Waals surface area contributed by atoms with E-state index >= 15 is 0 Å². The number of fused-ring (bicyclic) bond motifs is 1. The van der Waals surface area contributed by atoms with Gasteiger partial charge in [-0.1, -0.05) is 12.1 Å². The lowest BCUT2D eigenvalue weighted by atomic mass is 9.92. The van der Waals surface area contributed by atoms with E-state index in [1.165, 1.54) is 0 Å². The molecule has 0 saturated carbocycles. The van der Waals surface area contributed by atoms with Crippen LogP contribution < -0.4 is 4.74 Å². The Morgan fingerprint density at radius 3 is 2.89 bits per heavy atom.